The van der Waals surface area contributed by atoms with Crippen molar-refractivity contribution in [3.05, 3.63) is 39.9 Å². The molecule has 0 fully saturated rings. The molecule has 0 aliphatic heterocycles. The lowest BCUT2D eigenvalue weighted by molar-refractivity contribution is -0.143. The zero-order valence-electron chi connectivity index (χ0n) is 9.57. The molecule has 1 amide bonds. The number of hydrogen-bond acceptors (Lipinski definition) is 3. The van der Waals surface area contributed by atoms with Gasteiger partial charge < -0.3 is 10.1 Å². The average molecular weight is 288 g/mol. The van der Waals surface area contributed by atoms with Crippen molar-refractivity contribution in [1.82, 2.24) is 5.32 Å². The number of amides is 1. The van der Waals surface area contributed by atoms with Crippen molar-refractivity contribution in [2.75, 3.05) is 13.7 Å². The first kappa shape index (κ1) is 14.5. The molecule has 0 unspecified atom stereocenters. The first-order chi connectivity index (χ1) is 8.52. The molecule has 96 valence electrons. The van der Waals surface area contributed by atoms with E-state index in [-0.39, 0.29) is 12.5 Å². The Morgan fingerprint density at radius 2 is 2.11 bits per heavy atom. The van der Waals surface area contributed by atoms with Crippen LogP contribution in [-0.2, 0) is 14.3 Å². The third-order valence-corrected chi connectivity index (χ3v) is 2.55. The molecule has 0 atom stereocenters. The molecule has 1 aromatic carbocycles. The van der Waals surface area contributed by atoms with E-state index in [1.165, 1.54) is 19.2 Å². The maximum atomic E-state index is 11.3. The second-order valence-electron chi connectivity index (χ2n) is 3.28. The fraction of sp³-hybridized carbons (Fsp3) is 0.167. The number of carbonyl (C=O) groups excluding carboxylic acids is 2. The molecule has 0 saturated carbocycles. The Hall–Kier alpha value is -1.52. The third kappa shape index (κ3) is 4.77. The lowest BCUT2D eigenvalue weighted by Crippen LogP contribution is -2.24. The number of likely N-dealkylation sites (N-methyl/N-ethyl adjacent to an activating group) is 1. The summed E-state index contributed by atoms with van der Waals surface area (Å²) < 4.78 is 4.67. The SMILES string of the molecule is CNC(=O)COC(=O)/C=C/c1ccc(Cl)cc1Cl. The van der Waals surface area contributed by atoms with Crippen LogP contribution in [0, 0.1) is 0 Å². The van der Waals surface area contributed by atoms with E-state index in [4.69, 9.17) is 23.2 Å². The fourth-order valence-corrected chi connectivity index (χ4v) is 1.52. The number of rotatable bonds is 4. The van der Waals surface area contributed by atoms with E-state index in [2.05, 4.69) is 10.1 Å². The van der Waals surface area contributed by atoms with Gasteiger partial charge in [0.05, 0.1) is 0 Å². The summed E-state index contributed by atoms with van der Waals surface area (Å²) in [4.78, 5) is 22.1. The summed E-state index contributed by atoms with van der Waals surface area (Å²) in [5.74, 6) is -0.995. The minimum absolute atomic E-state index is 0.311. The van der Waals surface area contributed by atoms with Crippen molar-refractivity contribution in [3.63, 3.8) is 0 Å². The van der Waals surface area contributed by atoms with Crippen molar-refractivity contribution in [2.45, 2.75) is 0 Å². The molecule has 1 N–H and O–H groups in total. The van der Waals surface area contributed by atoms with Crippen LogP contribution in [0.25, 0.3) is 6.08 Å². The molecule has 0 aromatic heterocycles. The van der Waals surface area contributed by atoms with Crippen LogP contribution in [0.3, 0.4) is 0 Å². The van der Waals surface area contributed by atoms with E-state index in [1.807, 2.05) is 0 Å². The van der Waals surface area contributed by atoms with Crippen molar-refractivity contribution >= 4 is 41.2 Å². The van der Waals surface area contributed by atoms with Crippen LogP contribution in [0.1, 0.15) is 5.56 Å². The van der Waals surface area contributed by atoms with Gasteiger partial charge in [0.1, 0.15) is 0 Å². The molecule has 6 heteroatoms. The van der Waals surface area contributed by atoms with Crippen LogP contribution < -0.4 is 5.32 Å². The number of halogens is 2. The van der Waals surface area contributed by atoms with E-state index in [0.29, 0.717) is 15.6 Å². The quantitative estimate of drug-likeness (QED) is 0.683. The summed E-state index contributed by atoms with van der Waals surface area (Å²) in [6.07, 6.45) is 2.68. The van der Waals surface area contributed by atoms with E-state index in [1.54, 1.807) is 18.2 Å². The summed E-state index contributed by atoms with van der Waals surface area (Å²) >= 11 is 11.6. The van der Waals surface area contributed by atoms with Gasteiger partial charge >= 0.3 is 5.97 Å². The molecular formula is C12H11Cl2NO3. The first-order valence-electron chi connectivity index (χ1n) is 5.03. The Bertz CT molecular complexity index is 486. The lowest BCUT2D eigenvalue weighted by atomic mass is 10.2. The first-order valence-corrected chi connectivity index (χ1v) is 5.79. The van der Waals surface area contributed by atoms with E-state index in [9.17, 15) is 9.59 Å². The van der Waals surface area contributed by atoms with Gasteiger partial charge in [-0.3, -0.25) is 4.79 Å². The predicted molar refractivity (Wildman–Crippen MR) is 70.5 cm³/mol. The molecule has 0 heterocycles. The number of hydrogen-bond donors (Lipinski definition) is 1. The van der Waals surface area contributed by atoms with Gasteiger partial charge in [0.2, 0.25) is 0 Å². The molecule has 18 heavy (non-hydrogen) atoms. The summed E-state index contributed by atoms with van der Waals surface area (Å²) in [7, 11) is 1.46. The van der Waals surface area contributed by atoms with E-state index < -0.39 is 5.97 Å². The molecule has 0 aliphatic rings. The van der Waals surface area contributed by atoms with Gasteiger partial charge in [-0.1, -0.05) is 29.3 Å². The Kier molecular flexibility index (Phi) is 5.68. The molecule has 1 aromatic rings. The Labute approximate surface area is 115 Å². The molecule has 0 saturated heterocycles. The topological polar surface area (TPSA) is 55.4 Å². The summed E-state index contributed by atoms with van der Waals surface area (Å²) in [5.41, 5.74) is 0.637. The van der Waals surface area contributed by atoms with Crippen LogP contribution in [0.4, 0.5) is 0 Å². The maximum absolute atomic E-state index is 11.3. The monoisotopic (exact) mass is 287 g/mol. The molecular weight excluding hydrogens is 277 g/mol. The minimum Gasteiger partial charge on any atom is -0.452 e. The van der Waals surface area contributed by atoms with Gasteiger partial charge in [0, 0.05) is 23.2 Å². The summed E-state index contributed by atoms with van der Waals surface area (Å²) in [6.45, 7) is -0.311. The van der Waals surface area contributed by atoms with Crippen LogP contribution >= 0.6 is 23.2 Å². The highest BCUT2D eigenvalue weighted by Crippen LogP contribution is 2.21. The Morgan fingerprint density at radius 3 is 2.72 bits per heavy atom. The largest absolute Gasteiger partial charge is 0.452 e. The smallest absolute Gasteiger partial charge is 0.331 e. The van der Waals surface area contributed by atoms with E-state index in [0.717, 1.165) is 0 Å². The van der Waals surface area contributed by atoms with Crippen LogP contribution in [0.2, 0.25) is 10.0 Å². The fourth-order valence-electron chi connectivity index (χ4n) is 1.05. The number of esters is 1. The number of carbonyl (C=O) groups is 2. The van der Waals surface area contributed by atoms with Crippen molar-refractivity contribution in [1.29, 1.82) is 0 Å². The zero-order chi connectivity index (χ0) is 13.5. The highest BCUT2D eigenvalue weighted by atomic mass is 35.5. The van der Waals surface area contributed by atoms with Crippen molar-refractivity contribution < 1.29 is 14.3 Å². The van der Waals surface area contributed by atoms with Crippen LogP contribution in [-0.4, -0.2) is 25.5 Å². The summed E-state index contributed by atoms with van der Waals surface area (Å²) in [6, 6.07) is 4.90. The highest BCUT2D eigenvalue weighted by molar-refractivity contribution is 6.35. The molecule has 1 rings (SSSR count). The van der Waals surface area contributed by atoms with Gasteiger partial charge in [0.15, 0.2) is 6.61 Å². The number of benzene rings is 1. The lowest BCUT2D eigenvalue weighted by Gasteiger charge is -2.01. The average Bonchev–Trinajstić information content (AvgIpc) is 2.34. The second-order valence-corrected chi connectivity index (χ2v) is 4.12. The van der Waals surface area contributed by atoms with Gasteiger partial charge in [-0.25, -0.2) is 4.79 Å². The second kappa shape index (κ2) is 7.03. The van der Waals surface area contributed by atoms with Crippen LogP contribution in [0.5, 0.6) is 0 Å². The summed E-state index contributed by atoms with van der Waals surface area (Å²) in [5, 5.41) is 3.28. The Morgan fingerprint density at radius 1 is 1.39 bits per heavy atom. The highest BCUT2D eigenvalue weighted by Gasteiger charge is 2.03. The van der Waals surface area contributed by atoms with Gasteiger partial charge in [-0.2, -0.15) is 0 Å². The number of ether oxygens (including phenoxy) is 1. The third-order valence-electron chi connectivity index (χ3n) is 1.99. The van der Waals surface area contributed by atoms with Crippen LogP contribution in [0.15, 0.2) is 24.3 Å². The Balaban J connectivity index is 2.58. The van der Waals surface area contributed by atoms with Crippen molar-refractivity contribution in [3.8, 4) is 0 Å². The number of nitrogens with one attached hydrogen (secondary N) is 1. The van der Waals surface area contributed by atoms with Gasteiger partial charge in [-0.15, -0.1) is 0 Å². The normalized spacial score (nSPS) is 10.4. The maximum Gasteiger partial charge on any atom is 0.331 e. The standard InChI is InChI=1S/C12H11Cl2NO3/c1-15-11(16)7-18-12(17)5-3-8-2-4-9(13)6-10(8)14/h2-6H,7H2,1H3,(H,15,16)/b5-3+. The molecule has 0 aliphatic carbocycles. The van der Waals surface area contributed by atoms with Gasteiger partial charge in [0.25, 0.3) is 5.91 Å². The predicted octanol–water partition coefficient (Wildman–Crippen LogP) is 2.30. The minimum atomic E-state index is -0.621. The molecule has 0 bridgehead atoms. The van der Waals surface area contributed by atoms with E-state index >= 15 is 0 Å². The van der Waals surface area contributed by atoms with Gasteiger partial charge in [-0.05, 0) is 23.8 Å². The molecule has 4 nitrogen and oxygen atoms in total. The zero-order valence-corrected chi connectivity index (χ0v) is 11.1. The van der Waals surface area contributed by atoms with Crippen molar-refractivity contribution in [2.24, 2.45) is 0 Å². The molecule has 0 radical (unpaired) electrons. The molecule has 0 spiro atoms.